The van der Waals surface area contributed by atoms with Crippen LogP contribution in [0.1, 0.15) is 61.9 Å². The number of carbonyl (C=O) groups is 1. The fourth-order valence-electron chi connectivity index (χ4n) is 2.04. The largest absolute Gasteiger partial charge is 0.350 e. The first kappa shape index (κ1) is 16.2. The summed E-state index contributed by atoms with van der Waals surface area (Å²) < 4.78 is 1.04. The van der Waals surface area contributed by atoms with E-state index in [4.69, 9.17) is 0 Å². The Bertz CT molecular complexity index is 417. The van der Waals surface area contributed by atoms with Crippen molar-refractivity contribution in [1.29, 1.82) is 0 Å². The maximum atomic E-state index is 12.1. The summed E-state index contributed by atoms with van der Waals surface area (Å²) in [6.45, 7) is 6.28. The average molecular weight is 326 g/mol. The molecule has 19 heavy (non-hydrogen) atoms. The predicted molar refractivity (Wildman–Crippen MR) is 84.6 cm³/mol. The van der Waals surface area contributed by atoms with Gasteiger partial charge in [-0.2, -0.15) is 0 Å². The highest BCUT2D eigenvalue weighted by Crippen LogP contribution is 2.17. The number of hydrogen-bond donors (Lipinski definition) is 1. The van der Waals surface area contributed by atoms with E-state index in [0.29, 0.717) is 0 Å². The highest BCUT2D eigenvalue weighted by atomic mass is 79.9. The molecule has 1 atom stereocenters. The van der Waals surface area contributed by atoms with Crippen molar-refractivity contribution >= 4 is 21.8 Å². The first-order valence-electron chi connectivity index (χ1n) is 7.11. The lowest BCUT2D eigenvalue weighted by atomic mass is 10.1. The van der Waals surface area contributed by atoms with Gasteiger partial charge in [-0.05, 0) is 44.0 Å². The van der Waals surface area contributed by atoms with Crippen molar-refractivity contribution in [1.82, 2.24) is 5.32 Å². The van der Waals surface area contributed by atoms with Crippen LogP contribution in [0.2, 0.25) is 0 Å². The van der Waals surface area contributed by atoms with Gasteiger partial charge < -0.3 is 5.32 Å². The molecule has 1 rings (SSSR count). The summed E-state index contributed by atoms with van der Waals surface area (Å²) in [7, 11) is 0. The van der Waals surface area contributed by atoms with Crippen LogP contribution in [0.25, 0.3) is 0 Å². The molecule has 0 bridgehead atoms. The van der Waals surface area contributed by atoms with E-state index in [0.717, 1.165) is 22.0 Å². The molecule has 1 N–H and O–H groups in total. The molecular weight excluding hydrogens is 302 g/mol. The number of hydrogen-bond acceptors (Lipinski definition) is 1. The molecule has 0 aliphatic rings. The van der Waals surface area contributed by atoms with Gasteiger partial charge in [-0.1, -0.05) is 48.5 Å². The second-order valence-corrected chi connectivity index (χ2v) is 6.04. The van der Waals surface area contributed by atoms with Crippen LogP contribution in [-0.4, -0.2) is 11.9 Å². The normalized spacial score (nSPS) is 12.2. The van der Waals surface area contributed by atoms with E-state index in [1.807, 2.05) is 25.1 Å². The third-order valence-electron chi connectivity index (χ3n) is 3.29. The molecule has 106 valence electrons. The standard InChI is InChI=1S/C16H24BrNO/c1-4-5-6-7-8-13(3)18-16(19)14-9-10-15(17)12(2)11-14/h9-11,13H,4-8H2,1-3H3,(H,18,19). The molecule has 0 radical (unpaired) electrons. The molecule has 0 aromatic heterocycles. The summed E-state index contributed by atoms with van der Waals surface area (Å²) in [5.41, 5.74) is 1.82. The van der Waals surface area contributed by atoms with E-state index < -0.39 is 0 Å². The van der Waals surface area contributed by atoms with Crippen molar-refractivity contribution in [2.24, 2.45) is 0 Å². The number of aryl methyl sites for hydroxylation is 1. The van der Waals surface area contributed by atoms with Crippen LogP contribution in [0.15, 0.2) is 22.7 Å². The van der Waals surface area contributed by atoms with Crippen LogP contribution < -0.4 is 5.32 Å². The fraction of sp³-hybridized carbons (Fsp3) is 0.562. The molecular formula is C16H24BrNO. The quantitative estimate of drug-likeness (QED) is 0.713. The van der Waals surface area contributed by atoms with Gasteiger partial charge in [0.2, 0.25) is 0 Å². The zero-order valence-electron chi connectivity index (χ0n) is 12.1. The van der Waals surface area contributed by atoms with Crippen molar-refractivity contribution in [3.63, 3.8) is 0 Å². The summed E-state index contributed by atoms with van der Waals surface area (Å²) in [4.78, 5) is 12.1. The molecule has 3 heteroatoms. The summed E-state index contributed by atoms with van der Waals surface area (Å²) in [5.74, 6) is 0.0265. The smallest absolute Gasteiger partial charge is 0.251 e. The predicted octanol–water partition coefficient (Wildman–Crippen LogP) is 4.85. The van der Waals surface area contributed by atoms with Gasteiger partial charge in [-0.3, -0.25) is 4.79 Å². The summed E-state index contributed by atoms with van der Waals surface area (Å²) >= 11 is 3.45. The third kappa shape index (κ3) is 5.77. The zero-order valence-corrected chi connectivity index (χ0v) is 13.7. The SMILES string of the molecule is CCCCCCC(C)NC(=O)c1ccc(Br)c(C)c1. The number of unbranched alkanes of at least 4 members (excludes halogenated alkanes) is 3. The van der Waals surface area contributed by atoms with E-state index in [2.05, 4.69) is 35.1 Å². The van der Waals surface area contributed by atoms with Crippen LogP contribution >= 0.6 is 15.9 Å². The van der Waals surface area contributed by atoms with E-state index in [1.165, 1.54) is 25.7 Å². The van der Waals surface area contributed by atoms with Crippen molar-refractivity contribution in [2.75, 3.05) is 0 Å². The molecule has 0 heterocycles. The Morgan fingerprint density at radius 3 is 2.68 bits per heavy atom. The molecule has 0 fully saturated rings. The van der Waals surface area contributed by atoms with E-state index in [-0.39, 0.29) is 11.9 Å². The monoisotopic (exact) mass is 325 g/mol. The topological polar surface area (TPSA) is 29.1 Å². The molecule has 0 saturated heterocycles. The Balaban J connectivity index is 2.43. The van der Waals surface area contributed by atoms with Gasteiger partial charge in [0.25, 0.3) is 5.91 Å². The highest BCUT2D eigenvalue weighted by Gasteiger charge is 2.10. The Labute approximate surface area is 125 Å². The van der Waals surface area contributed by atoms with Crippen LogP contribution in [0, 0.1) is 6.92 Å². The lowest BCUT2D eigenvalue weighted by molar-refractivity contribution is 0.0938. The summed E-state index contributed by atoms with van der Waals surface area (Å²) in [5, 5.41) is 3.07. The molecule has 1 unspecified atom stereocenters. The van der Waals surface area contributed by atoms with Crippen molar-refractivity contribution < 1.29 is 4.79 Å². The number of benzene rings is 1. The maximum Gasteiger partial charge on any atom is 0.251 e. The molecule has 0 aliphatic carbocycles. The van der Waals surface area contributed by atoms with Crippen LogP contribution in [0.3, 0.4) is 0 Å². The zero-order chi connectivity index (χ0) is 14.3. The van der Waals surface area contributed by atoms with Crippen LogP contribution in [0.4, 0.5) is 0 Å². The second-order valence-electron chi connectivity index (χ2n) is 5.19. The second kappa shape index (κ2) is 8.36. The summed E-state index contributed by atoms with van der Waals surface area (Å²) in [6, 6.07) is 5.95. The molecule has 2 nitrogen and oxygen atoms in total. The van der Waals surface area contributed by atoms with Gasteiger partial charge >= 0.3 is 0 Å². The lowest BCUT2D eigenvalue weighted by Crippen LogP contribution is -2.32. The van der Waals surface area contributed by atoms with Crippen molar-refractivity contribution in [3.8, 4) is 0 Å². The highest BCUT2D eigenvalue weighted by molar-refractivity contribution is 9.10. The van der Waals surface area contributed by atoms with Gasteiger partial charge in [-0.25, -0.2) is 0 Å². The summed E-state index contributed by atoms with van der Waals surface area (Å²) in [6.07, 6.45) is 6.04. The number of amides is 1. The Kier molecular flexibility index (Phi) is 7.14. The van der Waals surface area contributed by atoms with Crippen LogP contribution in [-0.2, 0) is 0 Å². The first-order valence-corrected chi connectivity index (χ1v) is 7.91. The maximum absolute atomic E-state index is 12.1. The number of halogens is 1. The number of rotatable bonds is 7. The first-order chi connectivity index (χ1) is 9.04. The third-order valence-corrected chi connectivity index (χ3v) is 4.18. The van der Waals surface area contributed by atoms with Gasteiger partial charge in [-0.15, -0.1) is 0 Å². The van der Waals surface area contributed by atoms with Gasteiger partial charge in [0.15, 0.2) is 0 Å². The van der Waals surface area contributed by atoms with Crippen LogP contribution in [0.5, 0.6) is 0 Å². The molecule has 1 amide bonds. The van der Waals surface area contributed by atoms with Crippen molar-refractivity contribution in [3.05, 3.63) is 33.8 Å². The lowest BCUT2D eigenvalue weighted by Gasteiger charge is -2.14. The van der Waals surface area contributed by atoms with E-state index in [9.17, 15) is 4.79 Å². The molecule has 1 aromatic rings. The fourth-order valence-corrected chi connectivity index (χ4v) is 2.29. The van der Waals surface area contributed by atoms with Gasteiger partial charge in [0.05, 0.1) is 0 Å². The minimum atomic E-state index is 0.0265. The molecule has 0 saturated carbocycles. The van der Waals surface area contributed by atoms with Gasteiger partial charge in [0, 0.05) is 16.1 Å². The van der Waals surface area contributed by atoms with E-state index >= 15 is 0 Å². The van der Waals surface area contributed by atoms with E-state index in [1.54, 1.807) is 0 Å². The Morgan fingerprint density at radius 2 is 2.05 bits per heavy atom. The Hall–Kier alpha value is -0.830. The molecule has 0 aliphatic heterocycles. The Morgan fingerprint density at radius 1 is 1.32 bits per heavy atom. The molecule has 1 aromatic carbocycles. The molecule has 0 spiro atoms. The minimum Gasteiger partial charge on any atom is -0.350 e. The van der Waals surface area contributed by atoms with Crippen molar-refractivity contribution in [2.45, 2.75) is 58.9 Å². The number of nitrogens with one attached hydrogen (secondary N) is 1. The minimum absolute atomic E-state index is 0.0265. The van der Waals surface area contributed by atoms with Gasteiger partial charge in [0.1, 0.15) is 0 Å². The average Bonchev–Trinajstić information content (AvgIpc) is 2.38. The number of carbonyl (C=O) groups excluding carboxylic acids is 1.